The molecule has 0 bridgehead atoms. The number of hydrogen-bond acceptors (Lipinski definition) is 4. The lowest BCUT2D eigenvalue weighted by Crippen LogP contribution is -2.34. The summed E-state index contributed by atoms with van der Waals surface area (Å²) in [6, 6.07) is 10.8. The minimum Gasteiger partial charge on any atom is -0.508 e. The quantitative estimate of drug-likeness (QED) is 0.434. The first kappa shape index (κ1) is 17.1. The summed E-state index contributed by atoms with van der Waals surface area (Å²) in [5.74, 6) is -1.04. The third kappa shape index (κ3) is 4.85. The lowest BCUT2D eigenvalue weighted by Gasteiger charge is -2.08. The fourth-order valence-corrected chi connectivity index (χ4v) is 2.55. The predicted octanol–water partition coefficient (Wildman–Crippen LogP) is 1.86. The summed E-state index contributed by atoms with van der Waals surface area (Å²) < 4.78 is 0.849. The normalized spacial score (nSPS) is 10.1. The number of halogens is 1. The SMILES string of the molecule is O=C(NCCNC(=O)c1ccccc1I)c1cc(O)cc(O)c1. The third-order valence-corrected chi connectivity index (χ3v) is 3.92. The molecule has 0 aliphatic carbocycles. The Labute approximate surface area is 146 Å². The van der Waals surface area contributed by atoms with Crippen LogP contribution in [0.3, 0.4) is 0 Å². The number of benzene rings is 2. The number of nitrogens with one attached hydrogen (secondary N) is 2. The molecule has 0 heterocycles. The minimum absolute atomic E-state index is 0.145. The first-order valence-electron chi connectivity index (χ1n) is 6.81. The van der Waals surface area contributed by atoms with Crippen molar-refractivity contribution in [1.82, 2.24) is 10.6 Å². The van der Waals surface area contributed by atoms with Crippen molar-refractivity contribution in [3.63, 3.8) is 0 Å². The molecule has 0 saturated carbocycles. The fraction of sp³-hybridized carbons (Fsp3) is 0.125. The highest BCUT2D eigenvalue weighted by molar-refractivity contribution is 14.1. The van der Waals surface area contributed by atoms with Crippen LogP contribution in [0.25, 0.3) is 0 Å². The topological polar surface area (TPSA) is 98.7 Å². The maximum atomic E-state index is 12.0. The van der Waals surface area contributed by atoms with Crippen LogP contribution >= 0.6 is 22.6 Å². The Morgan fingerprint density at radius 1 is 0.913 bits per heavy atom. The standard InChI is InChI=1S/C16H15IN2O4/c17-14-4-2-1-3-13(14)16(23)19-6-5-18-15(22)10-7-11(20)9-12(21)8-10/h1-4,7-9,20-21H,5-6H2,(H,18,22)(H,19,23). The molecule has 2 aromatic carbocycles. The Bertz CT molecular complexity index is 714. The van der Waals surface area contributed by atoms with Crippen molar-refractivity contribution in [2.75, 3.05) is 13.1 Å². The summed E-state index contributed by atoms with van der Waals surface area (Å²) in [6.45, 7) is 0.491. The van der Waals surface area contributed by atoms with E-state index in [1.54, 1.807) is 12.1 Å². The van der Waals surface area contributed by atoms with Crippen LogP contribution in [0.15, 0.2) is 42.5 Å². The molecule has 6 nitrogen and oxygen atoms in total. The molecule has 0 aliphatic rings. The molecule has 120 valence electrons. The summed E-state index contributed by atoms with van der Waals surface area (Å²) in [5.41, 5.74) is 0.726. The second-order valence-corrected chi connectivity index (χ2v) is 5.89. The van der Waals surface area contributed by atoms with Crippen LogP contribution in [0.2, 0.25) is 0 Å². The molecule has 23 heavy (non-hydrogen) atoms. The van der Waals surface area contributed by atoms with E-state index in [2.05, 4.69) is 33.2 Å². The summed E-state index contributed by atoms with van der Waals surface area (Å²) in [4.78, 5) is 23.8. The van der Waals surface area contributed by atoms with E-state index in [-0.39, 0.29) is 36.1 Å². The van der Waals surface area contributed by atoms with Gasteiger partial charge in [0.05, 0.1) is 5.56 Å². The molecule has 0 fully saturated rings. The van der Waals surface area contributed by atoms with Crippen molar-refractivity contribution >= 4 is 34.4 Å². The molecule has 7 heteroatoms. The highest BCUT2D eigenvalue weighted by atomic mass is 127. The van der Waals surface area contributed by atoms with Gasteiger partial charge in [-0.1, -0.05) is 12.1 Å². The Morgan fingerprint density at radius 2 is 1.48 bits per heavy atom. The van der Waals surface area contributed by atoms with Crippen LogP contribution in [0, 0.1) is 3.57 Å². The fourth-order valence-electron chi connectivity index (χ4n) is 1.92. The molecule has 4 N–H and O–H groups in total. The zero-order valence-electron chi connectivity index (χ0n) is 12.0. The number of aromatic hydroxyl groups is 2. The van der Waals surface area contributed by atoms with E-state index in [0.29, 0.717) is 5.56 Å². The Morgan fingerprint density at radius 3 is 2.09 bits per heavy atom. The van der Waals surface area contributed by atoms with Gasteiger partial charge in [0.25, 0.3) is 11.8 Å². The number of amides is 2. The van der Waals surface area contributed by atoms with Gasteiger partial charge < -0.3 is 20.8 Å². The molecule has 0 radical (unpaired) electrons. The molecule has 0 aromatic heterocycles. The molecule has 2 amide bonds. The average molecular weight is 426 g/mol. The van der Waals surface area contributed by atoms with E-state index in [9.17, 15) is 19.8 Å². The summed E-state index contributed by atoms with van der Waals surface area (Å²) in [7, 11) is 0. The number of carbonyl (C=O) groups is 2. The second-order valence-electron chi connectivity index (χ2n) is 4.73. The van der Waals surface area contributed by atoms with E-state index in [0.717, 1.165) is 9.64 Å². The van der Waals surface area contributed by atoms with Crippen LogP contribution in [0.1, 0.15) is 20.7 Å². The summed E-state index contributed by atoms with van der Waals surface area (Å²) in [6.07, 6.45) is 0. The molecule has 0 spiro atoms. The minimum atomic E-state index is -0.445. The lowest BCUT2D eigenvalue weighted by atomic mass is 10.2. The Kier molecular flexibility index (Phi) is 5.80. The highest BCUT2D eigenvalue weighted by Gasteiger charge is 2.10. The van der Waals surface area contributed by atoms with Crippen molar-refractivity contribution in [2.45, 2.75) is 0 Å². The Balaban J connectivity index is 1.82. The second kappa shape index (κ2) is 7.82. The van der Waals surface area contributed by atoms with Crippen molar-refractivity contribution in [3.05, 3.63) is 57.2 Å². The molecule has 0 unspecified atom stereocenters. The maximum Gasteiger partial charge on any atom is 0.252 e. The number of hydrogen-bond donors (Lipinski definition) is 4. The van der Waals surface area contributed by atoms with Crippen LogP contribution in [0.5, 0.6) is 11.5 Å². The van der Waals surface area contributed by atoms with E-state index in [1.165, 1.54) is 12.1 Å². The van der Waals surface area contributed by atoms with Crippen LogP contribution < -0.4 is 10.6 Å². The number of phenolic OH excluding ortho intramolecular Hbond substituents is 2. The lowest BCUT2D eigenvalue weighted by molar-refractivity contribution is 0.0927. The van der Waals surface area contributed by atoms with Gasteiger partial charge in [-0.2, -0.15) is 0 Å². The van der Waals surface area contributed by atoms with Gasteiger partial charge in [-0.15, -0.1) is 0 Å². The van der Waals surface area contributed by atoms with Gasteiger partial charge in [0.15, 0.2) is 0 Å². The predicted molar refractivity (Wildman–Crippen MR) is 93.6 cm³/mol. The summed E-state index contributed by atoms with van der Waals surface area (Å²) >= 11 is 2.08. The molecule has 0 saturated heterocycles. The molecule has 0 atom stereocenters. The third-order valence-electron chi connectivity index (χ3n) is 2.98. The van der Waals surface area contributed by atoms with Gasteiger partial charge in [-0.25, -0.2) is 0 Å². The van der Waals surface area contributed by atoms with E-state index in [4.69, 9.17) is 0 Å². The maximum absolute atomic E-state index is 12.0. The molecular weight excluding hydrogens is 411 g/mol. The van der Waals surface area contributed by atoms with Crippen LogP contribution in [-0.4, -0.2) is 35.1 Å². The molecule has 2 aromatic rings. The average Bonchev–Trinajstić information content (AvgIpc) is 2.50. The largest absolute Gasteiger partial charge is 0.508 e. The van der Waals surface area contributed by atoms with Gasteiger partial charge in [-0.05, 0) is 46.9 Å². The van der Waals surface area contributed by atoms with Gasteiger partial charge in [0, 0.05) is 28.3 Å². The zero-order valence-corrected chi connectivity index (χ0v) is 14.2. The number of phenols is 2. The van der Waals surface area contributed by atoms with E-state index < -0.39 is 5.91 Å². The highest BCUT2D eigenvalue weighted by Crippen LogP contribution is 2.20. The van der Waals surface area contributed by atoms with Crippen LogP contribution in [0.4, 0.5) is 0 Å². The number of rotatable bonds is 5. The molecular formula is C16H15IN2O4. The van der Waals surface area contributed by atoms with Crippen molar-refractivity contribution in [1.29, 1.82) is 0 Å². The zero-order chi connectivity index (χ0) is 16.8. The monoisotopic (exact) mass is 426 g/mol. The molecule has 0 aliphatic heterocycles. The first-order valence-corrected chi connectivity index (χ1v) is 7.89. The van der Waals surface area contributed by atoms with Crippen LogP contribution in [-0.2, 0) is 0 Å². The van der Waals surface area contributed by atoms with Gasteiger partial charge in [0.1, 0.15) is 11.5 Å². The van der Waals surface area contributed by atoms with Crippen molar-refractivity contribution in [2.24, 2.45) is 0 Å². The first-order chi connectivity index (χ1) is 11.0. The van der Waals surface area contributed by atoms with Gasteiger partial charge >= 0.3 is 0 Å². The molecule has 2 rings (SSSR count). The van der Waals surface area contributed by atoms with E-state index >= 15 is 0 Å². The van der Waals surface area contributed by atoms with E-state index in [1.807, 2.05) is 12.1 Å². The number of carbonyl (C=O) groups excluding carboxylic acids is 2. The van der Waals surface area contributed by atoms with Crippen molar-refractivity contribution < 1.29 is 19.8 Å². The van der Waals surface area contributed by atoms with Gasteiger partial charge in [0.2, 0.25) is 0 Å². The Hall–Kier alpha value is -2.29. The summed E-state index contributed by atoms with van der Waals surface area (Å²) in [5, 5.41) is 24.0. The van der Waals surface area contributed by atoms with Crippen molar-refractivity contribution in [3.8, 4) is 11.5 Å². The smallest absolute Gasteiger partial charge is 0.252 e. The van der Waals surface area contributed by atoms with Gasteiger partial charge in [-0.3, -0.25) is 9.59 Å².